The Bertz CT molecular complexity index is 417. The fourth-order valence-corrected chi connectivity index (χ4v) is 3.68. The molecule has 1 aromatic rings. The highest BCUT2D eigenvalue weighted by Crippen LogP contribution is 2.42. The minimum atomic E-state index is 0.100. The number of aromatic nitrogens is 2. The Kier molecular flexibility index (Phi) is 5.25. The van der Waals surface area contributed by atoms with Gasteiger partial charge in [0.15, 0.2) is 0 Å². The first-order valence-electron chi connectivity index (χ1n) is 8.19. The Labute approximate surface area is 123 Å². The van der Waals surface area contributed by atoms with Gasteiger partial charge in [0.05, 0.1) is 5.69 Å². The summed E-state index contributed by atoms with van der Waals surface area (Å²) in [7, 11) is 2.01. The number of unbranched alkanes of at least 4 members (excludes halogenated alkanes) is 1. The number of aliphatic hydroxyl groups is 1. The quantitative estimate of drug-likeness (QED) is 0.863. The van der Waals surface area contributed by atoms with Gasteiger partial charge >= 0.3 is 0 Å². The molecule has 1 fully saturated rings. The molecule has 0 aromatic carbocycles. The van der Waals surface area contributed by atoms with Crippen molar-refractivity contribution in [3.63, 3.8) is 0 Å². The van der Waals surface area contributed by atoms with Crippen LogP contribution in [0.1, 0.15) is 63.3 Å². The van der Waals surface area contributed by atoms with Crippen molar-refractivity contribution in [2.24, 2.45) is 18.4 Å². The smallest absolute Gasteiger partial charge is 0.0596 e. The highest BCUT2D eigenvalue weighted by molar-refractivity contribution is 5.11. The fraction of sp³-hybridized carbons (Fsp3) is 0.824. The van der Waals surface area contributed by atoms with E-state index in [-0.39, 0.29) is 5.41 Å². The highest BCUT2D eigenvalue weighted by atomic mass is 16.3. The Hall–Kier alpha value is -0.830. The van der Waals surface area contributed by atoms with E-state index in [2.05, 4.69) is 18.1 Å². The summed E-state index contributed by atoms with van der Waals surface area (Å²) in [5, 5.41) is 14.4. The minimum absolute atomic E-state index is 0.100. The standard InChI is InChI=1S/C17H30N2O/c1-4-5-6-15-7-9-17(13-20,10-8-15)12-16-11-14(2)18-19(16)3/h11,15,20H,4-10,12-13H2,1-3H3. The van der Waals surface area contributed by atoms with Crippen LogP contribution in [0.15, 0.2) is 6.07 Å². The zero-order valence-electron chi connectivity index (χ0n) is 13.4. The fourth-order valence-electron chi connectivity index (χ4n) is 3.68. The summed E-state index contributed by atoms with van der Waals surface area (Å²) in [6.07, 6.45) is 9.93. The van der Waals surface area contributed by atoms with Crippen LogP contribution in [0.4, 0.5) is 0 Å². The number of aryl methyl sites for hydroxylation is 2. The maximum atomic E-state index is 9.93. The molecule has 1 aromatic heterocycles. The molecule has 1 saturated carbocycles. The number of hydrogen-bond acceptors (Lipinski definition) is 2. The predicted octanol–water partition coefficient (Wildman–Crippen LogP) is 3.63. The summed E-state index contributed by atoms with van der Waals surface area (Å²) in [6.45, 7) is 4.63. The summed E-state index contributed by atoms with van der Waals surface area (Å²) >= 11 is 0. The lowest BCUT2D eigenvalue weighted by Crippen LogP contribution is -2.34. The van der Waals surface area contributed by atoms with Crippen molar-refractivity contribution in [3.8, 4) is 0 Å². The van der Waals surface area contributed by atoms with E-state index in [0.717, 1.165) is 18.0 Å². The molecule has 3 heteroatoms. The van der Waals surface area contributed by atoms with Crippen molar-refractivity contribution in [1.82, 2.24) is 9.78 Å². The second-order valence-corrected chi connectivity index (χ2v) is 6.82. The van der Waals surface area contributed by atoms with Gasteiger partial charge in [0.25, 0.3) is 0 Å². The predicted molar refractivity (Wildman–Crippen MR) is 82.7 cm³/mol. The zero-order valence-corrected chi connectivity index (χ0v) is 13.4. The Morgan fingerprint density at radius 3 is 2.60 bits per heavy atom. The first kappa shape index (κ1) is 15.6. The summed E-state index contributed by atoms with van der Waals surface area (Å²) in [5.74, 6) is 0.892. The molecule has 0 bridgehead atoms. The van der Waals surface area contributed by atoms with Gasteiger partial charge in [0.2, 0.25) is 0 Å². The molecule has 0 radical (unpaired) electrons. The minimum Gasteiger partial charge on any atom is -0.396 e. The first-order chi connectivity index (χ1) is 9.58. The lowest BCUT2D eigenvalue weighted by molar-refractivity contribution is 0.0604. The number of rotatable bonds is 6. The summed E-state index contributed by atoms with van der Waals surface area (Å²) in [5.41, 5.74) is 2.44. The van der Waals surface area contributed by atoms with Gasteiger partial charge in [-0.2, -0.15) is 5.10 Å². The molecule has 114 valence electrons. The van der Waals surface area contributed by atoms with Crippen molar-refractivity contribution in [2.45, 2.75) is 65.2 Å². The van der Waals surface area contributed by atoms with Gasteiger partial charge in [-0.3, -0.25) is 4.68 Å². The van der Waals surface area contributed by atoms with Gasteiger partial charge in [-0.15, -0.1) is 0 Å². The zero-order chi connectivity index (χ0) is 14.6. The number of hydrogen-bond donors (Lipinski definition) is 1. The van der Waals surface area contributed by atoms with Crippen LogP contribution in [0.2, 0.25) is 0 Å². The maximum absolute atomic E-state index is 9.93. The molecule has 0 saturated heterocycles. The van der Waals surface area contributed by atoms with Crippen LogP contribution >= 0.6 is 0 Å². The van der Waals surface area contributed by atoms with E-state index >= 15 is 0 Å². The molecule has 1 aliphatic rings. The lowest BCUT2D eigenvalue weighted by atomic mass is 9.67. The van der Waals surface area contributed by atoms with Gasteiger partial charge in [0.1, 0.15) is 0 Å². The third-order valence-corrected chi connectivity index (χ3v) is 5.12. The van der Waals surface area contributed by atoms with Crippen LogP contribution in [-0.4, -0.2) is 21.5 Å². The molecule has 0 unspecified atom stereocenters. The average molecular weight is 278 g/mol. The van der Waals surface area contributed by atoms with E-state index in [0.29, 0.717) is 6.61 Å². The lowest BCUT2D eigenvalue weighted by Gasteiger charge is -2.39. The van der Waals surface area contributed by atoms with Crippen molar-refractivity contribution >= 4 is 0 Å². The molecule has 1 N–H and O–H groups in total. The van der Waals surface area contributed by atoms with E-state index < -0.39 is 0 Å². The van der Waals surface area contributed by atoms with Crippen LogP contribution in [0.3, 0.4) is 0 Å². The van der Waals surface area contributed by atoms with Gasteiger partial charge in [-0.25, -0.2) is 0 Å². The van der Waals surface area contributed by atoms with Gasteiger partial charge in [0, 0.05) is 19.3 Å². The van der Waals surface area contributed by atoms with E-state index in [9.17, 15) is 5.11 Å². The first-order valence-corrected chi connectivity index (χ1v) is 8.19. The molecule has 1 heterocycles. The van der Waals surface area contributed by atoms with Crippen LogP contribution < -0.4 is 0 Å². The third-order valence-electron chi connectivity index (χ3n) is 5.12. The molecule has 0 atom stereocenters. The molecule has 2 rings (SSSR count). The second-order valence-electron chi connectivity index (χ2n) is 6.82. The van der Waals surface area contributed by atoms with E-state index in [1.807, 2.05) is 18.7 Å². The molecular weight excluding hydrogens is 248 g/mol. The van der Waals surface area contributed by atoms with E-state index in [1.165, 1.54) is 50.6 Å². The summed E-state index contributed by atoms with van der Waals surface area (Å²) < 4.78 is 1.98. The van der Waals surface area contributed by atoms with E-state index in [1.54, 1.807) is 0 Å². The molecule has 0 aliphatic heterocycles. The van der Waals surface area contributed by atoms with Gasteiger partial charge in [-0.05, 0) is 56.4 Å². The normalized spacial score (nSPS) is 26.9. The summed E-state index contributed by atoms with van der Waals surface area (Å²) in [4.78, 5) is 0. The Morgan fingerprint density at radius 1 is 1.40 bits per heavy atom. The van der Waals surface area contributed by atoms with E-state index in [4.69, 9.17) is 0 Å². The van der Waals surface area contributed by atoms with Crippen LogP contribution in [-0.2, 0) is 13.5 Å². The molecule has 0 spiro atoms. The molecule has 0 amide bonds. The number of aliphatic hydroxyl groups excluding tert-OH is 1. The second kappa shape index (κ2) is 6.75. The highest BCUT2D eigenvalue weighted by Gasteiger charge is 2.35. The maximum Gasteiger partial charge on any atom is 0.0596 e. The SMILES string of the molecule is CCCCC1CCC(CO)(Cc2cc(C)nn2C)CC1. The Morgan fingerprint density at radius 2 is 2.10 bits per heavy atom. The van der Waals surface area contributed by atoms with Crippen molar-refractivity contribution in [2.75, 3.05) is 6.61 Å². The van der Waals surface area contributed by atoms with Crippen LogP contribution in [0, 0.1) is 18.3 Å². The van der Waals surface area contributed by atoms with Crippen molar-refractivity contribution in [3.05, 3.63) is 17.5 Å². The van der Waals surface area contributed by atoms with Gasteiger partial charge < -0.3 is 5.11 Å². The third kappa shape index (κ3) is 3.63. The monoisotopic (exact) mass is 278 g/mol. The molecule has 1 aliphatic carbocycles. The topological polar surface area (TPSA) is 38.1 Å². The molecule has 3 nitrogen and oxygen atoms in total. The van der Waals surface area contributed by atoms with Gasteiger partial charge in [-0.1, -0.05) is 26.2 Å². The van der Waals surface area contributed by atoms with Crippen LogP contribution in [0.5, 0.6) is 0 Å². The molecular formula is C17H30N2O. The van der Waals surface area contributed by atoms with Crippen LogP contribution in [0.25, 0.3) is 0 Å². The van der Waals surface area contributed by atoms with Crippen molar-refractivity contribution < 1.29 is 5.11 Å². The number of nitrogens with zero attached hydrogens (tertiary/aromatic N) is 2. The van der Waals surface area contributed by atoms with Crippen molar-refractivity contribution in [1.29, 1.82) is 0 Å². The molecule has 20 heavy (non-hydrogen) atoms. The summed E-state index contributed by atoms with van der Waals surface area (Å²) in [6, 6.07) is 2.17. The average Bonchev–Trinajstić information content (AvgIpc) is 2.76. The Balaban J connectivity index is 1.96. The largest absolute Gasteiger partial charge is 0.396 e.